The summed E-state index contributed by atoms with van der Waals surface area (Å²) in [6, 6.07) is 15.3. The van der Waals surface area contributed by atoms with Crippen molar-refractivity contribution in [3.63, 3.8) is 0 Å². The number of benzene rings is 2. The van der Waals surface area contributed by atoms with Crippen LogP contribution in [0.25, 0.3) is 0 Å². The van der Waals surface area contributed by atoms with Crippen LogP contribution in [0.2, 0.25) is 0 Å². The van der Waals surface area contributed by atoms with Gasteiger partial charge in [0, 0.05) is 40.0 Å². The van der Waals surface area contributed by atoms with Crippen LogP contribution in [-0.2, 0) is 15.3 Å². The lowest BCUT2D eigenvalue weighted by molar-refractivity contribution is -0.119. The molecule has 8 heteroatoms. The van der Waals surface area contributed by atoms with E-state index in [4.69, 9.17) is 4.74 Å². The summed E-state index contributed by atoms with van der Waals surface area (Å²) < 4.78 is 5.26. The van der Waals surface area contributed by atoms with E-state index in [1.54, 1.807) is 17.6 Å². The summed E-state index contributed by atoms with van der Waals surface area (Å²) in [6.07, 6.45) is 0. The largest absolute Gasteiger partial charge is 0.452 e. The number of ether oxygens (including phenoxy) is 1. The standard InChI is InChI=1S/C24H27N3O3S2/c1-4-27(17(2)3)20-11-9-18(10-12-20)26-23(28)13-30-24(29)21-7-5-6-8-22(21)32-15-19-14-31-16-25-19/h5-12,14,16-17H,4,13,15H2,1-3H3,(H,26,28). The summed E-state index contributed by atoms with van der Waals surface area (Å²) in [7, 11) is 0. The third-order valence-electron chi connectivity index (χ3n) is 4.75. The van der Waals surface area contributed by atoms with E-state index in [1.165, 1.54) is 23.1 Å². The topological polar surface area (TPSA) is 71.5 Å². The van der Waals surface area contributed by atoms with E-state index < -0.39 is 5.97 Å². The van der Waals surface area contributed by atoms with Crippen molar-refractivity contribution in [2.45, 2.75) is 37.5 Å². The smallest absolute Gasteiger partial charge is 0.339 e. The molecule has 3 rings (SSSR count). The molecule has 1 heterocycles. The Labute approximate surface area is 197 Å². The Kier molecular flexibility index (Phi) is 8.70. The van der Waals surface area contributed by atoms with E-state index in [0.29, 0.717) is 23.0 Å². The van der Waals surface area contributed by atoms with Crippen LogP contribution in [0.15, 0.2) is 64.3 Å². The summed E-state index contributed by atoms with van der Waals surface area (Å²) in [5.41, 5.74) is 4.95. The average molecular weight is 470 g/mol. The van der Waals surface area contributed by atoms with Crippen LogP contribution in [0.3, 0.4) is 0 Å². The Morgan fingerprint density at radius 1 is 1.16 bits per heavy atom. The molecule has 3 aromatic rings. The summed E-state index contributed by atoms with van der Waals surface area (Å²) in [4.78, 5) is 32.2. The maximum Gasteiger partial charge on any atom is 0.339 e. The van der Waals surface area contributed by atoms with Gasteiger partial charge in [0.15, 0.2) is 6.61 Å². The van der Waals surface area contributed by atoms with E-state index in [9.17, 15) is 9.59 Å². The molecule has 0 aliphatic heterocycles. The van der Waals surface area contributed by atoms with Crippen molar-refractivity contribution >= 4 is 46.3 Å². The van der Waals surface area contributed by atoms with Gasteiger partial charge in [0.25, 0.3) is 5.91 Å². The van der Waals surface area contributed by atoms with Crippen molar-refractivity contribution in [2.24, 2.45) is 0 Å². The van der Waals surface area contributed by atoms with Gasteiger partial charge >= 0.3 is 5.97 Å². The highest BCUT2D eigenvalue weighted by Crippen LogP contribution is 2.27. The number of amides is 1. The van der Waals surface area contributed by atoms with Gasteiger partial charge < -0.3 is 15.0 Å². The molecule has 0 bridgehead atoms. The van der Waals surface area contributed by atoms with Gasteiger partial charge in [-0.15, -0.1) is 23.1 Å². The van der Waals surface area contributed by atoms with Gasteiger partial charge in [-0.25, -0.2) is 9.78 Å². The fourth-order valence-corrected chi connectivity index (χ4v) is 4.82. The molecule has 0 radical (unpaired) electrons. The highest BCUT2D eigenvalue weighted by Gasteiger charge is 2.15. The maximum atomic E-state index is 12.6. The van der Waals surface area contributed by atoms with Gasteiger partial charge in [0.05, 0.1) is 16.8 Å². The predicted octanol–water partition coefficient (Wildman–Crippen LogP) is 5.47. The summed E-state index contributed by atoms with van der Waals surface area (Å²) in [6.45, 7) is 6.95. The van der Waals surface area contributed by atoms with Gasteiger partial charge in [0.2, 0.25) is 0 Å². The lowest BCUT2D eigenvalue weighted by atomic mass is 10.2. The molecule has 1 aromatic heterocycles. The van der Waals surface area contributed by atoms with Crippen LogP contribution in [0, 0.1) is 0 Å². The highest BCUT2D eigenvalue weighted by molar-refractivity contribution is 7.98. The second-order valence-corrected chi connectivity index (χ2v) is 9.05. The number of anilines is 2. The van der Waals surface area contributed by atoms with Crippen LogP contribution in [-0.4, -0.2) is 36.1 Å². The average Bonchev–Trinajstić information content (AvgIpc) is 3.31. The van der Waals surface area contributed by atoms with Crippen molar-refractivity contribution in [2.75, 3.05) is 23.4 Å². The first-order chi connectivity index (χ1) is 15.5. The molecule has 0 unspecified atom stereocenters. The lowest BCUT2D eigenvalue weighted by Crippen LogP contribution is -2.30. The van der Waals surface area contributed by atoms with E-state index in [-0.39, 0.29) is 12.5 Å². The fourth-order valence-electron chi connectivity index (χ4n) is 3.21. The molecule has 168 valence electrons. The SMILES string of the molecule is CCN(c1ccc(NC(=O)COC(=O)c2ccccc2SCc2cscn2)cc1)C(C)C. The van der Waals surface area contributed by atoms with Crippen molar-refractivity contribution < 1.29 is 14.3 Å². The summed E-state index contributed by atoms with van der Waals surface area (Å²) in [5.74, 6) is -0.237. The molecular weight excluding hydrogens is 442 g/mol. The molecule has 0 fully saturated rings. The molecule has 6 nitrogen and oxygen atoms in total. The molecular formula is C24H27N3O3S2. The number of thioether (sulfide) groups is 1. The van der Waals surface area contributed by atoms with E-state index in [0.717, 1.165) is 22.8 Å². The number of carbonyl (C=O) groups excluding carboxylic acids is 2. The zero-order valence-electron chi connectivity index (χ0n) is 18.4. The van der Waals surface area contributed by atoms with Crippen molar-refractivity contribution in [3.05, 3.63) is 70.7 Å². The van der Waals surface area contributed by atoms with Gasteiger partial charge in [-0.2, -0.15) is 0 Å². The van der Waals surface area contributed by atoms with Crippen LogP contribution >= 0.6 is 23.1 Å². The quantitative estimate of drug-likeness (QED) is 0.314. The summed E-state index contributed by atoms with van der Waals surface area (Å²) in [5, 5.41) is 4.75. The number of nitrogens with zero attached hydrogens (tertiary/aromatic N) is 2. The van der Waals surface area contributed by atoms with Crippen molar-refractivity contribution in [1.82, 2.24) is 4.98 Å². The monoisotopic (exact) mass is 469 g/mol. The Balaban J connectivity index is 1.53. The number of rotatable bonds is 10. The first-order valence-corrected chi connectivity index (χ1v) is 12.3. The predicted molar refractivity (Wildman–Crippen MR) is 132 cm³/mol. The zero-order valence-corrected chi connectivity index (χ0v) is 20.0. The Morgan fingerprint density at radius 2 is 1.91 bits per heavy atom. The van der Waals surface area contributed by atoms with Crippen molar-refractivity contribution in [1.29, 1.82) is 0 Å². The number of hydrogen-bond acceptors (Lipinski definition) is 7. The number of thiazole rings is 1. The Morgan fingerprint density at radius 3 is 2.56 bits per heavy atom. The molecule has 0 spiro atoms. The lowest BCUT2D eigenvalue weighted by Gasteiger charge is -2.27. The Bertz CT molecular complexity index is 1020. The number of carbonyl (C=O) groups is 2. The normalized spacial score (nSPS) is 10.8. The van der Waals surface area contributed by atoms with E-state index >= 15 is 0 Å². The number of nitrogens with one attached hydrogen (secondary N) is 1. The summed E-state index contributed by atoms with van der Waals surface area (Å²) >= 11 is 3.05. The third-order valence-corrected chi connectivity index (χ3v) is 6.49. The van der Waals surface area contributed by atoms with Crippen LogP contribution in [0.1, 0.15) is 36.8 Å². The van der Waals surface area contributed by atoms with Crippen LogP contribution in [0.4, 0.5) is 11.4 Å². The third kappa shape index (κ3) is 6.58. The molecule has 32 heavy (non-hydrogen) atoms. The molecule has 1 N–H and O–H groups in total. The second kappa shape index (κ2) is 11.7. The van der Waals surface area contributed by atoms with E-state index in [1.807, 2.05) is 41.8 Å². The van der Waals surface area contributed by atoms with Gasteiger partial charge in [-0.05, 0) is 57.2 Å². The molecule has 0 atom stereocenters. The number of hydrogen-bond donors (Lipinski definition) is 1. The maximum absolute atomic E-state index is 12.6. The molecule has 0 saturated heterocycles. The van der Waals surface area contributed by atoms with Crippen molar-refractivity contribution in [3.8, 4) is 0 Å². The van der Waals surface area contributed by atoms with Crippen LogP contribution in [0.5, 0.6) is 0 Å². The number of aromatic nitrogens is 1. The Hall–Kier alpha value is -2.84. The minimum atomic E-state index is -0.521. The van der Waals surface area contributed by atoms with Gasteiger partial charge in [-0.1, -0.05) is 12.1 Å². The second-order valence-electron chi connectivity index (χ2n) is 7.32. The molecule has 2 aromatic carbocycles. The molecule has 0 aliphatic carbocycles. The highest BCUT2D eigenvalue weighted by atomic mass is 32.2. The molecule has 1 amide bonds. The van der Waals surface area contributed by atoms with E-state index in [2.05, 4.69) is 36.0 Å². The number of esters is 1. The van der Waals surface area contributed by atoms with Crippen LogP contribution < -0.4 is 10.2 Å². The fraction of sp³-hybridized carbons (Fsp3) is 0.292. The molecule has 0 aliphatic rings. The zero-order chi connectivity index (χ0) is 22.9. The van der Waals surface area contributed by atoms with Gasteiger partial charge in [-0.3, -0.25) is 4.79 Å². The first kappa shape index (κ1) is 23.8. The molecule has 0 saturated carbocycles. The minimum Gasteiger partial charge on any atom is -0.452 e. The van der Waals surface area contributed by atoms with Gasteiger partial charge in [0.1, 0.15) is 0 Å². The minimum absolute atomic E-state index is 0.348. The first-order valence-electron chi connectivity index (χ1n) is 10.4.